The Morgan fingerprint density at radius 3 is 1.75 bits per heavy atom. The lowest BCUT2D eigenvalue weighted by Gasteiger charge is -2.17. The van der Waals surface area contributed by atoms with Crippen LogP contribution in [0.4, 0.5) is 0 Å². The Kier molecular flexibility index (Phi) is 11.3. The maximum Gasteiger partial charge on any atom is 0.163 e. The SMILES string of the molecule is CCCCCCCCCCCCC(CC(=O)c1ccccc1)c1ccccc1. The molecule has 1 heteroatoms. The van der Waals surface area contributed by atoms with Crippen LogP contribution in [0.2, 0.25) is 0 Å². The fraction of sp³-hybridized carbons (Fsp3) is 0.519. The van der Waals surface area contributed by atoms with Crippen molar-refractivity contribution in [1.82, 2.24) is 0 Å². The van der Waals surface area contributed by atoms with Crippen molar-refractivity contribution in [3.63, 3.8) is 0 Å². The van der Waals surface area contributed by atoms with E-state index in [2.05, 4.69) is 37.3 Å². The highest BCUT2D eigenvalue weighted by Crippen LogP contribution is 2.28. The van der Waals surface area contributed by atoms with Gasteiger partial charge in [-0.05, 0) is 17.9 Å². The molecule has 0 aliphatic heterocycles. The van der Waals surface area contributed by atoms with E-state index in [1.54, 1.807) is 0 Å². The van der Waals surface area contributed by atoms with E-state index in [0.29, 0.717) is 12.3 Å². The lowest BCUT2D eigenvalue weighted by molar-refractivity contribution is 0.0972. The van der Waals surface area contributed by atoms with Gasteiger partial charge in [0.2, 0.25) is 0 Å². The molecular formula is C27H38O. The van der Waals surface area contributed by atoms with Crippen LogP contribution < -0.4 is 0 Å². The Labute approximate surface area is 172 Å². The van der Waals surface area contributed by atoms with Crippen LogP contribution in [-0.2, 0) is 0 Å². The number of hydrogen-bond acceptors (Lipinski definition) is 1. The summed E-state index contributed by atoms with van der Waals surface area (Å²) in [4.78, 5) is 12.7. The number of rotatable bonds is 15. The lowest BCUT2D eigenvalue weighted by atomic mass is 9.87. The number of hydrogen-bond donors (Lipinski definition) is 0. The molecule has 0 aliphatic carbocycles. The molecule has 0 fully saturated rings. The highest BCUT2D eigenvalue weighted by Gasteiger charge is 2.16. The molecule has 0 bridgehead atoms. The van der Waals surface area contributed by atoms with Crippen molar-refractivity contribution in [2.24, 2.45) is 0 Å². The zero-order valence-corrected chi connectivity index (χ0v) is 17.7. The van der Waals surface area contributed by atoms with Crippen molar-refractivity contribution in [3.05, 3.63) is 71.8 Å². The average molecular weight is 379 g/mol. The first-order chi connectivity index (χ1) is 13.8. The van der Waals surface area contributed by atoms with Gasteiger partial charge >= 0.3 is 0 Å². The molecule has 2 rings (SSSR count). The Bertz CT molecular complexity index is 632. The monoisotopic (exact) mass is 378 g/mol. The number of carbonyl (C=O) groups is 1. The average Bonchev–Trinajstić information content (AvgIpc) is 2.75. The van der Waals surface area contributed by atoms with E-state index in [1.165, 1.54) is 69.8 Å². The van der Waals surface area contributed by atoms with Crippen LogP contribution in [0, 0.1) is 0 Å². The van der Waals surface area contributed by atoms with Crippen LogP contribution in [-0.4, -0.2) is 5.78 Å². The van der Waals surface area contributed by atoms with Crippen LogP contribution in [0.25, 0.3) is 0 Å². The van der Waals surface area contributed by atoms with Crippen molar-refractivity contribution in [1.29, 1.82) is 0 Å². The van der Waals surface area contributed by atoms with Gasteiger partial charge in [-0.25, -0.2) is 0 Å². The van der Waals surface area contributed by atoms with Crippen LogP contribution in [0.1, 0.15) is 106 Å². The summed E-state index contributed by atoms with van der Waals surface area (Å²) in [6, 6.07) is 20.3. The van der Waals surface area contributed by atoms with E-state index in [9.17, 15) is 4.79 Å². The van der Waals surface area contributed by atoms with Gasteiger partial charge in [0.15, 0.2) is 5.78 Å². The van der Waals surface area contributed by atoms with Crippen molar-refractivity contribution in [2.45, 2.75) is 89.9 Å². The van der Waals surface area contributed by atoms with E-state index in [1.807, 2.05) is 30.3 Å². The molecule has 0 radical (unpaired) electrons. The van der Waals surface area contributed by atoms with Gasteiger partial charge in [0.1, 0.15) is 0 Å². The molecule has 1 unspecified atom stereocenters. The molecule has 0 amide bonds. The first kappa shape index (κ1) is 22.4. The summed E-state index contributed by atoms with van der Waals surface area (Å²) in [5.74, 6) is 0.601. The van der Waals surface area contributed by atoms with E-state index in [4.69, 9.17) is 0 Å². The minimum atomic E-state index is 0.265. The van der Waals surface area contributed by atoms with E-state index in [-0.39, 0.29) is 5.78 Å². The number of benzene rings is 2. The molecule has 0 saturated heterocycles. The minimum Gasteiger partial charge on any atom is -0.294 e. The van der Waals surface area contributed by atoms with Crippen LogP contribution in [0.5, 0.6) is 0 Å². The van der Waals surface area contributed by atoms with E-state index in [0.717, 1.165) is 12.0 Å². The van der Waals surface area contributed by atoms with Gasteiger partial charge in [-0.1, -0.05) is 132 Å². The highest BCUT2D eigenvalue weighted by molar-refractivity contribution is 5.96. The van der Waals surface area contributed by atoms with Gasteiger partial charge in [-0.15, -0.1) is 0 Å². The zero-order chi connectivity index (χ0) is 19.9. The first-order valence-electron chi connectivity index (χ1n) is 11.4. The summed E-state index contributed by atoms with van der Waals surface area (Å²) >= 11 is 0. The van der Waals surface area contributed by atoms with Crippen molar-refractivity contribution in [3.8, 4) is 0 Å². The summed E-state index contributed by atoms with van der Waals surface area (Å²) < 4.78 is 0. The smallest absolute Gasteiger partial charge is 0.163 e. The lowest BCUT2D eigenvalue weighted by Crippen LogP contribution is -2.08. The number of unbranched alkanes of at least 4 members (excludes halogenated alkanes) is 9. The fourth-order valence-electron chi connectivity index (χ4n) is 3.96. The molecule has 0 saturated carbocycles. The molecular weight excluding hydrogens is 340 g/mol. The number of Topliss-reactive ketones (excluding diaryl/α,β-unsaturated/α-hetero) is 1. The van der Waals surface area contributed by atoms with Crippen LogP contribution in [0.15, 0.2) is 60.7 Å². The van der Waals surface area contributed by atoms with Gasteiger partial charge < -0.3 is 0 Å². The van der Waals surface area contributed by atoms with Gasteiger partial charge in [0.25, 0.3) is 0 Å². The molecule has 0 spiro atoms. The molecule has 1 nitrogen and oxygen atoms in total. The molecule has 1 atom stereocenters. The molecule has 0 aromatic heterocycles. The molecule has 152 valence electrons. The third-order valence-electron chi connectivity index (χ3n) is 5.70. The second-order valence-corrected chi connectivity index (χ2v) is 8.07. The summed E-state index contributed by atoms with van der Waals surface area (Å²) in [5.41, 5.74) is 2.15. The summed E-state index contributed by atoms with van der Waals surface area (Å²) in [7, 11) is 0. The zero-order valence-electron chi connectivity index (χ0n) is 17.7. The van der Waals surface area contributed by atoms with Crippen LogP contribution >= 0.6 is 0 Å². The molecule has 2 aromatic rings. The van der Waals surface area contributed by atoms with Crippen molar-refractivity contribution < 1.29 is 4.79 Å². The normalized spacial score (nSPS) is 12.0. The van der Waals surface area contributed by atoms with Gasteiger partial charge in [-0.2, -0.15) is 0 Å². The Balaban J connectivity index is 1.73. The molecule has 0 N–H and O–H groups in total. The summed E-state index contributed by atoms with van der Waals surface area (Å²) in [6.45, 7) is 2.27. The van der Waals surface area contributed by atoms with Crippen LogP contribution in [0.3, 0.4) is 0 Å². The molecule has 28 heavy (non-hydrogen) atoms. The van der Waals surface area contributed by atoms with Crippen molar-refractivity contribution in [2.75, 3.05) is 0 Å². The fourth-order valence-corrected chi connectivity index (χ4v) is 3.96. The number of carbonyl (C=O) groups excluding carboxylic acids is 1. The van der Waals surface area contributed by atoms with E-state index < -0.39 is 0 Å². The second-order valence-electron chi connectivity index (χ2n) is 8.07. The predicted molar refractivity (Wildman–Crippen MR) is 121 cm³/mol. The van der Waals surface area contributed by atoms with Gasteiger partial charge in [0, 0.05) is 12.0 Å². The summed E-state index contributed by atoms with van der Waals surface area (Å²) in [6.07, 6.45) is 15.3. The molecule has 0 aliphatic rings. The third-order valence-corrected chi connectivity index (χ3v) is 5.70. The predicted octanol–water partition coefficient (Wildman–Crippen LogP) is 8.35. The minimum absolute atomic E-state index is 0.265. The van der Waals surface area contributed by atoms with E-state index >= 15 is 0 Å². The van der Waals surface area contributed by atoms with Gasteiger partial charge in [-0.3, -0.25) is 4.79 Å². The quantitative estimate of drug-likeness (QED) is 0.225. The summed E-state index contributed by atoms with van der Waals surface area (Å²) in [5, 5.41) is 0. The third kappa shape index (κ3) is 8.87. The largest absolute Gasteiger partial charge is 0.294 e. The number of ketones is 1. The molecule has 0 heterocycles. The standard InChI is InChI=1S/C27H38O/c1-2-3-4-5-6-7-8-9-10-13-22-26(24-18-14-11-15-19-24)23-27(28)25-20-16-12-17-21-25/h11-12,14-21,26H,2-10,13,22-23H2,1H3. The Morgan fingerprint density at radius 2 is 1.18 bits per heavy atom. The second kappa shape index (κ2) is 14.2. The first-order valence-corrected chi connectivity index (χ1v) is 11.4. The Hall–Kier alpha value is -1.89. The maximum atomic E-state index is 12.7. The van der Waals surface area contributed by atoms with Gasteiger partial charge in [0.05, 0.1) is 0 Å². The van der Waals surface area contributed by atoms with Crippen molar-refractivity contribution >= 4 is 5.78 Å². The Morgan fingerprint density at radius 1 is 0.679 bits per heavy atom. The highest BCUT2D eigenvalue weighted by atomic mass is 16.1. The maximum absolute atomic E-state index is 12.7. The topological polar surface area (TPSA) is 17.1 Å². The molecule has 2 aromatic carbocycles.